The number of morpholine rings is 1. The highest BCUT2D eigenvalue weighted by atomic mass is 16.5. The third-order valence-corrected chi connectivity index (χ3v) is 15.0. The summed E-state index contributed by atoms with van der Waals surface area (Å²) in [5, 5.41) is 3.38. The smallest absolute Gasteiger partial charge is 0.0594 e. The van der Waals surface area contributed by atoms with Crippen molar-refractivity contribution < 1.29 is 4.74 Å². The molecule has 0 atom stereocenters. The SMILES string of the molecule is [B]B([B])B([B])B(B([B])[B])B(B(B(B([B])[B])B([B])[B])B(B([B])[B])B([B])[B])B(B(B(B([B])[B])B([B])[B])B(B([B])[B])B([B])[B])B(B(B([B])[B])B([B])[B])B(B([B])[B])B([B])[B].c1cc2c(cc1CN1CCOCC1)CNC2. The Labute approximate surface area is 488 Å². The summed E-state index contributed by atoms with van der Waals surface area (Å²) in [6.07, 6.45) is -37.2. The van der Waals surface area contributed by atoms with E-state index in [1.54, 1.807) is 0 Å². The Morgan fingerprint density at radius 3 is 0.875 bits per heavy atom. The molecule has 1 fully saturated rings. The normalized spacial score (nSPS) is 12.2. The number of ether oxygens (including phenoxy) is 1. The molecule has 3 rings (SSSR count). The maximum atomic E-state index is 6.87. The number of nitrogens with one attached hydrogen (secondary N) is 1. The minimum atomic E-state index is -1.48. The van der Waals surface area contributed by atoms with Gasteiger partial charge >= 0.3 is 0 Å². The van der Waals surface area contributed by atoms with Gasteiger partial charge in [-0.15, -0.1) is 0 Å². The van der Waals surface area contributed by atoms with Crippen molar-refractivity contribution in [2.45, 2.75) is 19.6 Å². The molecule has 1 N–H and O–H groups in total. The second-order valence-corrected chi connectivity index (χ2v) is 20.2. The third-order valence-electron chi connectivity index (χ3n) is 15.0. The lowest BCUT2D eigenvalue weighted by Crippen LogP contribution is -2.96. The van der Waals surface area contributed by atoms with Crippen LogP contribution < -0.4 is 5.32 Å². The zero-order chi connectivity index (χ0) is 55.4. The lowest BCUT2D eigenvalue weighted by molar-refractivity contribution is 0.0342. The molecule has 0 bridgehead atoms. The summed E-state index contributed by atoms with van der Waals surface area (Å²) >= 11 is 0. The zero-order valence-corrected chi connectivity index (χ0v) is 41.9. The maximum Gasteiger partial charge on any atom is 0.0594 e. The first-order valence-electron chi connectivity index (χ1n) is 24.4. The van der Waals surface area contributed by atoms with Gasteiger partial charge in [0.1, 0.15) is 0 Å². The fourth-order valence-corrected chi connectivity index (χ4v) is 12.0. The van der Waals surface area contributed by atoms with Crippen molar-refractivity contribution in [3.8, 4) is 0 Å². The monoisotopic (exact) mass is 835 g/mol. The molecule has 254 valence electrons. The number of hydrogen-bond donors (Lipinski definition) is 1. The Bertz CT molecular complexity index is 1490. The summed E-state index contributed by atoms with van der Waals surface area (Å²) in [5.41, 5.74) is 4.38. The Morgan fingerprint density at radius 2 is 0.597 bits per heavy atom. The molecule has 1 saturated heterocycles. The van der Waals surface area contributed by atoms with Gasteiger partial charge in [-0.2, -0.15) is 0 Å². The average molecular weight is 824 g/mol. The van der Waals surface area contributed by atoms with E-state index in [0.29, 0.717) is 0 Å². The van der Waals surface area contributed by atoms with E-state index in [4.69, 9.17) is 229 Å². The van der Waals surface area contributed by atoms with E-state index < -0.39 is 172 Å². The molecule has 72 heavy (non-hydrogen) atoms. The van der Waals surface area contributed by atoms with Crippen molar-refractivity contribution in [1.29, 1.82) is 0 Å². The van der Waals surface area contributed by atoms with Gasteiger partial charge in [0.25, 0.3) is 0 Å². The second kappa shape index (κ2) is 33.6. The summed E-state index contributed by atoms with van der Waals surface area (Å²) < 4.78 is 5.36. The van der Waals surface area contributed by atoms with Crippen molar-refractivity contribution >= 4 is 397 Å². The molecular weight excluding hydrogens is 806 g/mol. The summed E-state index contributed by atoms with van der Waals surface area (Å²) in [5.74, 6) is 0. The first kappa shape index (κ1) is 70.8. The number of rotatable bonds is 28. The average Bonchev–Trinajstić information content (AvgIpc) is 3.70. The van der Waals surface area contributed by atoms with Crippen LogP contribution in [0.1, 0.15) is 16.7 Å². The van der Waals surface area contributed by atoms with Gasteiger partial charge in [0, 0.05) is 429 Å². The minimum Gasteiger partial charge on any atom is -0.379 e. The van der Waals surface area contributed by atoms with E-state index in [1.807, 2.05) is 0 Å². The van der Waals surface area contributed by atoms with Gasteiger partial charge in [-0.1, -0.05) is 18.2 Å². The van der Waals surface area contributed by atoms with Crippen LogP contribution in [0.5, 0.6) is 0 Å². The van der Waals surface area contributed by atoms with Crippen LogP contribution >= 0.6 is 0 Å². The standard InChI is InChI=1S/C13H18N2O.B56/c1-2-12-8-14-9-13(12)7-11(1)10-15-3-5-16-6-4-15;1-30(2)44(29)51(43(27)28)55(52(45(31(3)4)32(5)6)46(33(7)8)34(9)10)56(53(47(35(11)12)36(13)14)48(37(15)16)38(17)18)54(49(39(19)20)40(21)22)50(41(23)24)42(25)26/h1-2,7,14H,3-6,8-10H2;. The third kappa shape index (κ3) is 19.7. The molecule has 0 unspecified atom stereocenters. The summed E-state index contributed by atoms with van der Waals surface area (Å²) in [6.45, 7) is 7.03. The van der Waals surface area contributed by atoms with Gasteiger partial charge in [0.05, 0.1) is 13.2 Å². The molecule has 0 spiro atoms. The van der Waals surface area contributed by atoms with E-state index in [9.17, 15) is 0 Å². The summed E-state index contributed by atoms with van der Waals surface area (Å²) in [7, 11) is 189. The summed E-state index contributed by atoms with van der Waals surface area (Å²) in [4.78, 5) is 2.47. The predicted molar refractivity (Wildman–Crippen MR) is 385 cm³/mol. The zero-order valence-electron chi connectivity index (χ0n) is 41.9. The molecule has 2 aliphatic heterocycles. The van der Waals surface area contributed by atoms with Gasteiger partial charge in [-0.25, -0.2) is 0 Å². The Hall–Kier alpha value is 2.74. The molecule has 0 aliphatic carbocycles. The lowest BCUT2D eigenvalue weighted by Gasteiger charge is -2.58. The fraction of sp³-hybridized carbons (Fsp3) is 0.538. The molecule has 3 nitrogen and oxygen atoms in total. The van der Waals surface area contributed by atoms with E-state index in [-0.39, 0.29) is 0 Å². The number of benzene rings is 1. The molecule has 0 aromatic heterocycles. The first-order valence-corrected chi connectivity index (χ1v) is 24.4. The van der Waals surface area contributed by atoms with Crippen molar-refractivity contribution in [2.75, 3.05) is 26.3 Å². The molecule has 1 aromatic rings. The van der Waals surface area contributed by atoms with Crippen LogP contribution in [0.4, 0.5) is 0 Å². The number of fused-ring (bicyclic) bond motifs is 1. The minimum absolute atomic E-state index is 0.881. The van der Waals surface area contributed by atoms with Crippen molar-refractivity contribution in [2.24, 2.45) is 0 Å². The first-order chi connectivity index (χ1) is 33.3. The highest BCUT2D eigenvalue weighted by Gasteiger charge is 2.61. The molecule has 58 radical (unpaired) electrons. The Morgan fingerprint density at radius 1 is 0.333 bits per heavy atom. The molecule has 0 amide bonds. The maximum absolute atomic E-state index is 6.87. The fourth-order valence-electron chi connectivity index (χ4n) is 12.0. The molecule has 59 heteroatoms. The highest BCUT2D eigenvalue weighted by molar-refractivity contribution is 8.37. The van der Waals surface area contributed by atoms with Gasteiger partial charge in [-0.05, 0) is 16.7 Å². The van der Waals surface area contributed by atoms with Gasteiger partial charge in [0.2, 0.25) is 0 Å². The van der Waals surface area contributed by atoms with Gasteiger partial charge in [0.15, 0.2) is 0 Å². The number of nitrogens with zero attached hydrogens (tertiary/aromatic N) is 1. The Balaban J connectivity index is 0.000000915. The van der Waals surface area contributed by atoms with Gasteiger partial charge < -0.3 is 10.1 Å². The molecule has 0 saturated carbocycles. The van der Waals surface area contributed by atoms with Crippen LogP contribution in [0.3, 0.4) is 0 Å². The van der Waals surface area contributed by atoms with Crippen LogP contribution in [-0.2, 0) is 24.4 Å². The molecule has 2 heterocycles. The Kier molecular flexibility index (Phi) is 33.1. The summed E-state index contributed by atoms with van der Waals surface area (Å²) in [6, 6.07) is 6.89. The number of hydrogen-bond acceptors (Lipinski definition) is 3. The molecule has 2 aliphatic rings. The van der Waals surface area contributed by atoms with Gasteiger partial charge in [-0.3, -0.25) is 4.90 Å². The quantitative estimate of drug-likeness (QED) is 0.0852. The van der Waals surface area contributed by atoms with Crippen LogP contribution in [0.15, 0.2) is 18.2 Å². The molecule has 1 aromatic carbocycles. The van der Waals surface area contributed by atoms with Crippen LogP contribution in [0, 0.1) is 0 Å². The van der Waals surface area contributed by atoms with Crippen molar-refractivity contribution in [3.05, 3.63) is 34.9 Å². The van der Waals surface area contributed by atoms with Crippen LogP contribution in [0.2, 0.25) is 0 Å². The van der Waals surface area contributed by atoms with Crippen LogP contribution in [-0.4, -0.2) is 428 Å². The predicted octanol–water partition coefficient (Wildman–Crippen LogP) is -20.2. The topological polar surface area (TPSA) is 24.5 Å². The van der Waals surface area contributed by atoms with Crippen molar-refractivity contribution in [3.63, 3.8) is 0 Å². The van der Waals surface area contributed by atoms with E-state index >= 15 is 0 Å². The van der Waals surface area contributed by atoms with E-state index in [1.165, 1.54) is 16.7 Å². The molecular formula is C13H18B56N2O. The van der Waals surface area contributed by atoms with E-state index in [2.05, 4.69) is 28.4 Å². The van der Waals surface area contributed by atoms with Crippen molar-refractivity contribution in [1.82, 2.24) is 10.2 Å². The lowest BCUT2D eigenvalue weighted by atomic mass is 8.23. The highest BCUT2D eigenvalue weighted by Crippen LogP contribution is 2.24. The second-order valence-electron chi connectivity index (χ2n) is 20.2. The largest absolute Gasteiger partial charge is 0.379 e. The van der Waals surface area contributed by atoms with E-state index in [0.717, 1.165) is 45.9 Å². The van der Waals surface area contributed by atoms with Crippen LogP contribution in [0.25, 0.3) is 0 Å².